The lowest BCUT2D eigenvalue weighted by Gasteiger charge is -2.26. The number of benzene rings is 1. The highest BCUT2D eigenvalue weighted by Crippen LogP contribution is 2.09. The fourth-order valence-corrected chi connectivity index (χ4v) is 2.40. The Balaban J connectivity index is 1.61. The molecule has 0 radical (unpaired) electrons. The molecule has 1 saturated heterocycles. The van der Waals surface area contributed by atoms with Gasteiger partial charge in [-0.25, -0.2) is 0 Å². The summed E-state index contributed by atoms with van der Waals surface area (Å²) in [4.78, 5) is 25.4. The van der Waals surface area contributed by atoms with Crippen LogP contribution < -0.4 is 5.32 Å². The smallest absolute Gasteiger partial charge is 0.223 e. The molecule has 1 aromatic carbocycles. The van der Waals surface area contributed by atoms with Gasteiger partial charge in [-0.05, 0) is 24.1 Å². The molecule has 0 aliphatic carbocycles. The molecule has 0 spiro atoms. The summed E-state index contributed by atoms with van der Waals surface area (Å²) in [6.07, 6.45) is 1.24. The summed E-state index contributed by atoms with van der Waals surface area (Å²) in [6.45, 7) is 2.97. The minimum Gasteiger partial charge on any atom is -0.378 e. The molecule has 2 rings (SSSR count). The molecule has 5 nitrogen and oxygen atoms in total. The number of carbonyl (C=O) groups excluding carboxylic acids is 2. The van der Waals surface area contributed by atoms with Crippen LogP contribution in [0.3, 0.4) is 0 Å². The first-order valence-corrected chi connectivity index (χ1v) is 7.89. The Bertz CT molecular complexity index is 499. The van der Waals surface area contributed by atoms with Crippen molar-refractivity contribution in [3.8, 4) is 0 Å². The Kier molecular flexibility index (Phi) is 6.68. The molecule has 1 aromatic rings. The molecule has 1 aliphatic heterocycles. The summed E-state index contributed by atoms with van der Waals surface area (Å²) < 4.78 is 5.20. The van der Waals surface area contributed by atoms with E-state index in [0.717, 1.165) is 12.0 Å². The van der Waals surface area contributed by atoms with E-state index in [1.165, 1.54) is 0 Å². The maximum Gasteiger partial charge on any atom is 0.223 e. The topological polar surface area (TPSA) is 58.6 Å². The van der Waals surface area contributed by atoms with Gasteiger partial charge in [0.05, 0.1) is 13.2 Å². The van der Waals surface area contributed by atoms with Crippen molar-refractivity contribution in [1.29, 1.82) is 0 Å². The summed E-state index contributed by atoms with van der Waals surface area (Å²) >= 11 is 5.82. The molecule has 0 bridgehead atoms. The third kappa shape index (κ3) is 5.66. The first-order valence-electron chi connectivity index (χ1n) is 7.52. The van der Waals surface area contributed by atoms with Gasteiger partial charge in [0.25, 0.3) is 0 Å². The maximum atomic E-state index is 11.9. The van der Waals surface area contributed by atoms with E-state index in [0.29, 0.717) is 37.9 Å². The van der Waals surface area contributed by atoms with Gasteiger partial charge in [0.2, 0.25) is 11.8 Å². The van der Waals surface area contributed by atoms with Crippen molar-refractivity contribution in [2.45, 2.75) is 19.3 Å². The fraction of sp³-hybridized carbons (Fsp3) is 0.500. The number of carbonyl (C=O) groups is 2. The van der Waals surface area contributed by atoms with Crippen LogP contribution in [-0.2, 0) is 20.7 Å². The van der Waals surface area contributed by atoms with Gasteiger partial charge in [0.15, 0.2) is 0 Å². The summed E-state index contributed by atoms with van der Waals surface area (Å²) in [6, 6.07) is 7.55. The van der Waals surface area contributed by atoms with E-state index in [4.69, 9.17) is 16.3 Å². The molecule has 22 heavy (non-hydrogen) atoms. The van der Waals surface area contributed by atoms with E-state index in [9.17, 15) is 9.59 Å². The highest BCUT2D eigenvalue weighted by molar-refractivity contribution is 6.30. The second kappa shape index (κ2) is 8.76. The lowest BCUT2D eigenvalue weighted by Crippen LogP contribution is -2.41. The van der Waals surface area contributed by atoms with Crippen molar-refractivity contribution >= 4 is 23.4 Å². The monoisotopic (exact) mass is 324 g/mol. The highest BCUT2D eigenvalue weighted by atomic mass is 35.5. The van der Waals surface area contributed by atoms with E-state index in [1.54, 1.807) is 4.90 Å². The Labute approximate surface area is 135 Å². The van der Waals surface area contributed by atoms with Crippen molar-refractivity contribution in [2.24, 2.45) is 0 Å². The molecule has 6 heteroatoms. The molecule has 1 aliphatic rings. The van der Waals surface area contributed by atoms with Crippen LogP contribution in [0.5, 0.6) is 0 Å². The number of amides is 2. The van der Waals surface area contributed by atoms with Crippen LogP contribution in [0.4, 0.5) is 0 Å². The minimum atomic E-state index is -0.0874. The number of nitrogens with one attached hydrogen (secondary N) is 1. The van der Waals surface area contributed by atoms with E-state index in [1.807, 2.05) is 24.3 Å². The predicted octanol–water partition coefficient (Wildman–Crippen LogP) is 1.64. The third-order valence-corrected chi connectivity index (χ3v) is 3.83. The average molecular weight is 325 g/mol. The Morgan fingerprint density at radius 2 is 1.82 bits per heavy atom. The Hall–Kier alpha value is -1.59. The van der Waals surface area contributed by atoms with Crippen LogP contribution in [0.2, 0.25) is 5.02 Å². The van der Waals surface area contributed by atoms with Gasteiger partial charge in [0.1, 0.15) is 0 Å². The van der Waals surface area contributed by atoms with Gasteiger partial charge in [-0.2, -0.15) is 0 Å². The lowest BCUT2D eigenvalue weighted by molar-refractivity contribution is -0.137. The molecule has 120 valence electrons. The summed E-state index contributed by atoms with van der Waals surface area (Å²) in [7, 11) is 0. The zero-order valence-electron chi connectivity index (χ0n) is 12.5. The molecule has 1 heterocycles. The zero-order chi connectivity index (χ0) is 15.8. The number of hydrogen-bond acceptors (Lipinski definition) is 3. The second-order valence-electron chi connectivity index (χ2n) is 5.22. The molecule has 0 unspecified atom stereocenters. The van der Waals surface area contributed by atoms with E-state index >= 15 is 0 Å². The van der Waals surface area contributed by atoms with Gasteiger partial charge in [-0.3, -0.25) is 9.59 Å². The van der Waals surface area contributed by atoms with Crippen molar-refractivity contribution in [2.75, 3.05) is 32.8 Å². The number of rotatable bonds is 6. The normalized spacial score (nSPS) is 14.7. The van der Waals surface area contributed by atoms with Crippen LogP contribution in [0.15, 0.2) is 24.3 Å². The second-order valence-corrected chi connectivity index (χ2v) is 5.66. The Morgan fingerprint density at radius 1 is 1.14 bits per heavy atom. The van der Waals surface area contributed by atoms with Crippen LogP contribution in [0, 0.1) is 0 Å². The van der Waals surface area contributed by atoms with Gasteiger partial charge in [-0.1, -0.05) is 23.7 Å². The van der Waals surface area contributed by atoms with Gasteiger partial charge in [0, 0.05) is 37.5 Å². The molecule has 2 amide bonds. The summed E-state index contributed by atoms with van der Waals surface area (Å²) in [5.74, 6) is -0.0632. The fourth-order valence-electron chi connectivity index (χ4n) is 2.28. The van der Waals surface area contributed by atoms with Crippen LogP contribution in [0.25, 0.3) is 0 Å². The van der Waals surface area contributed by atoms with Gasteiger partial charge in [-0.15, -0.1) is 0 Å². The van der Waals surface area contributed by atoms with Gasteiger partial charge < -0.3 is 15.0 Å². The predicted molar refractivity (Wildman–Crippen MR) is 84.8 cm³/mol. The quantitative estimate of drug-likeness (QED) is 0.865. The van der Waals surface area contributed by atoms with E-state index in [-0.39, 0.29) is 24.7 Å². The van der Waals surface area contributed by atoms with Crippen LogP contribution in [-0.4, -0.2) is 49.6 Å². The maximum absolute atomic E-state index is 11.9. The standard InChI is InChI=1S/C16H21ClN2O3/c17-14-3-1-13(2-4-14)7-8-18-15(20)5-6-16(21)19-9-11-22-12-10-19/h1-4H,5-12H2,(H,18,20). The van der Waals surface area contributed by atoms with Crippen LogP contribution >= 0.6 is 11.6 Å². The van der Waals surface area contributed by atoms with Crippen molar-refractivity contribution in [3.63, 3.8) is 0 Å². The number of ether oxygens (including phenoxy) is 1. The molecule has 0 saturated carbocycles. The van der Waals surface area contributed by atoms with Gasteiger partial charge >= 0.3 is 0 Å². The number of halogens is 1. The minimum absolute atomic E-state index is 0.0242. The van der Waals surface area contributed by atoms with Crippen molar-refractivity contribution in [3.05, 3.63) is 34.9 Å². The highest BCUT2D eigenvalue weighted by Gasteiger charge is 2.17. The molecule has 1 N–H and O–H groups in total. The first kappa shape index (κ1) is 16.8. The zero-order valence-corrected chi connectivity index (χ0v) is 13.3. The lowest BCUT2D eigenvalue weighted by atomic mass is 10.1. The Morgan fingerprint density at radius 3 is 2.50 bits per heavy atom. The van der Waals surface area contributed by atoms with Crippen molar-refractivity contribution in [1.82, 2.24) is 10.2 Å². The SMILES string of the molecule is O=C(CCC(=O)N1CCOCC1)NCCc1ccc(Cl)cc1. The number of hydrogen-bond donors (Lipinski definition) is 1. The average Bonchev–Trinajstić information content (AvgIpc) is 2.55. The largest absolute Gasteiger partial charge is 0.378 e. The number of morpholine rings is 1. The van der Waals surface area contributed by atoms with Crippen molar-refractivity contribution < 1.29 is 14.3 Å². The first-order chi connectivity index (χ1) is 10.6. The third-order valence-electron chi connectivity index (χ3n) is 3.58. The molecule has 1 fully saturated rings. The van der Waals surface area contributed by atoms with E-state index in [2.05, 4.69) is 5.32 Å². The molecular formula is C16H21ClN2O3. The number of nitrogens with zero attached hydrogens (tertiary/aromatic N) is 1. The van der Waals surface area contributed by atoms with Crippen LogP contribution in [0.1, 0.15) is 18.4 Å². The summed E-state index contributed by atoms with van der Waals surface area (Å²) in [5, 5.41) is 3.54. The summed E-state index contributed by atoms with van der Waals surface area (Å²) in [5.41, 5.74) is 1.12. The van der Waals surface area contributed by atoms with E-state index < -0.39 is 0 Å². The molecule has 0 atom stereocenters. The molecular weight excluding hydrogens is 304 g/mol. The molecule has 0 aromatic heterocycles.